The normalized spacial score (nSPS) is 17.6. The maximum Gasteiger partial charge on any atom is 0.241 e. The van der Waals surface area contributed by atoms with Crippen LogP contribution < -0.4 is 10.2 Å². The number of carbonyl (C=O) groups excluding carboxylic acids is 1. The van der Waals surface area contributed by atoms with Gasteiger partial charge in [0.25, 0.3) is 0 Å². The fourth-order valence-electron chi connectivity index (χ4n) is 3.51. The number of benzene rings is 2. The van der Waals surface area contributed by atoms with Gasteiger partial charge in [-0.2, -0.15) is 0 Å². The third-order valence-corrected chi connectivity index (χ3v) is 6.20. The monoisotopic (exact) mass is 392 g/mol. The minimum atomic E-state index is -0.157. The van der Waals surface area contributed by atoms with E-state index < -0.39 is 0 Å². The zero-order valence-corrected chi connectivity index (χ0v) is 16.7. The van der Waals surface area contributed by atoms with Crippen molar-refractivity contribution in [1.82, 2.24) is 5.32 Å². The Balaban J connectivity index is 1.53. The van der Waals surface area contributed by atoms with Crippen LogP contribution in [0.2, 0.25) is 0 Å². The number of amides is 1. The first kappa shape index (κ1) is 18.8. The second kappa shape index (κ2) is 8.67. The molecule has 144 valence electrons. The minimum absolute atomic E-state index is 0.0784. The summed E-state index contributed by atoms with van der Waals surface area (Å²) in [6, 6.07) is 21.9. The quantitative estimate of drug-likeness (QED) is 0.672. The van der Waals surface area contributed by atoms with Crippen molar-refractivity contribution in [2.75, 3.05) is 18.0 Å². The molecule has 0 spiro atoms. The third-order valence-electron chi connectivity index (χ3n) is 4.96. The van der Waals surface area contributed by atoms with E-state index >= 15 is 0 Å². The second-order valence-electron chi connectivity index (χ2n) is 6.97. The Labute approximate surface area is 169 Å². The van der Waals surface area contributed by atoms with E-state index in [-0.39, 0.29) is 18.5 Å². The van der Waals surface area contributed by atoms with Crippen molar-refractivity contribution >= 4 is 23.4 Å². The molecule has 1 aliphatic rings. The van der Waals surface area contributed by atoms with Crippen LogP contribution in [0.25, 0.3) is 0 Å². The first-order valence-corrected chi connectivity index (χ1v) is 10.5. The van der Waals surface area contributed by atoms with Gasteiger partial charge in [0.05, 0.1) is 24.5 Å². The molecule has 2 aromatic carbocycles. The molecule has 4 rings (SSSR count). The van der Waals surface area contributed by atoms with E-state index in [9.17, 15) is 4.79 Å². The van der Waals surface area contributed by atoms with Crippen LogP contribution in [0.3, 0.4) is 0 Å². The molecule has 3 aromatic rings. The summed E-state index contributed by atoms with van der Waals surface area (Å²) in [4.78, 5) is 16.2. The summed E-state index contributed by atoms with van der Waals surface area (Å²) in [5.41, 5.74) is 2.09. The number of para-hydroxylation sites is 1. The van der Waals surface area contributed by atoms with E-state index in [2.05, 4.69) is 18.3 Å². The van der Waals surface area contributed by atoms with Gasteiger partial charge in [-0.3, -0.25) is 10.1 Å². The van der Waals surface area contributed by atoms with Gasteiger partial charge in [-0.25, -0.2) is 0 Å². The van der Waals surface area contributed by atoms with Crippen molar-refractivity contribution in [1.29, 1.82) is 0 Å². The lowest BCUT2D eigenvalue weighted by atomic mass is 10.0. The van der Waals surface area contributed by atoms with E-state index in [1.165, 1.54) is 4.90 Å². The molecule has 0 saturated heterocycles. The van der Waals surface area contributed by atoms with E-state index in [4.69, 9.17) is 4.42 Å². The van der Waals surface area contributed by atoms with Crippen LogP contribution in [0.15, 0.2) is 82.3 Å². The van der Waals surface area contributed by atoms with Gasteiger partial charge < -0.3 is 9.32 Å². The van der Waals surface area contributed by atoms with Crippen LogP contribution in [0, 0.1) is 0 Å². The van der Waals surface area contributed by atoms with Gasteiger partial charge in [-0.1, -0.05) is 49.4 Å². The molecule has 0 unspecified atom stereocenters. The summed E-state index contributed by atoms with van der Waals surface area (Å²) in [7, 11) is 0. The maximum atomic E-state index is 13.1. The Kier molecular flexibility index (Phi) is 5.84. The average molecular weight is 393 g/mol. The summed E-state index contributed by atoms with van der Waals surface area (Å²) in [5.74, 6) is 0.883. The van der Waals surface area contributed by atoms with Crippen molar-refractivity contribution < 1.29 is 9.21 Å². The first-order valence-electron chi connectivity index (χ1n) is 9.60. The maximum absolute atomic E-state index is 13.1. The van der Waals surface area contributed by atoms with Crippen LogP contribution in [-0.4, -0.2) is 24.2 Å². The number of furan rings is 1. The summed E-state index contributed by atoms with van der Waals surface area (Å²) in [6.45, 7) is 3.20. The molecule has 2 heterocycles. The fourth-order valence-corrected chi connectivity index (χ4v) is 4.63. The number of fused-ring (bicyclic) bond motifs is 1. The lowest BCUT2D eigenvalue weighted by Crippen LogP contribution is -2.40. The van der Waals surface area contributed by atoms with E-state index in [1.54, 1.807) is 6.26 Å². The van der Waals surface area contributed by atoms with Crippen molar-refractivity contribution in [2.45, 2.75) is 29.5 Å². The molecule has 2 atom stereocenters. The highest BCUT2D eigenvalue weighted by Crippen LogP contribution is 2.37. The molecule has 4 nitrogen and oxygen atoms in total. The Morgan fingerprint density at radius 3 is 2.71 bits per heavy atom. The molecule has 28 heavy (non-hydrogen) atoms. The van der Waals surface area contributed by atoms with Crippen LogP contribution in [-0.2, 0) is 4.79 Å². The Morgan fingerprint density at radius 2 is 1.93 bits per heavy atom. The minimum Gasteiger partial charge on any atom is -0.467 e. The Hall–Kier alpha value is -2.50. The standard InChI is InChI=1S/C23H24N2O2S/c1-17-13-14-25(19-10-5-6-12-21(19)28-17)22(26)16-24-23(20-11-7-15-27-20)18-8-3-2-4-9-18/h2-12,15,17,23-24H,13-14,16H2,1H3/t17-,23+/m0/s1. The molecule has 5 heteroatoms. The smallest absolute Gasteiger partial charge is 0.241 e. The van der Waals surface area contributed by atoms with Crippen LogP contribution in [0.4, 0.5) is 5.69 Å². The summed E-state index contributed by atoms with van der Waals surface area (Å²) < 4.78 is 5.63. The average Bonchev–Trinajstić information content (AvgIpc) is 3.18. The molecule has 1 N–H and O–H groups in total. The third kappa shape index (κ3) is 4.16. The number of carbonyl (C=O) groups is 1. The van der Waals surface area contributed by atoms with E-state index in [0.29, 0.717) is 5.25 Å². The fraction of sp³-hybridized carbons (Fsp3) is 0.261. The molecular weight excluding hydrogens is 368 g/mol. The molecule has 0 saturated carbocycles. The highest BCUT2D eigenvalue weighted by Gasteiger charge is 2.25. The van der Waals surface area contributed by atoms with Crippen molar-refractivity contribution in [3.05, 3.63) is 84.3 Å². The molecule has 0 fully saturated rings. The van der Waals surface area contributed by atoms with Crippen molar-refractivity contribution in [3.8, 4) is 0 Å². The number of hydrogen-bond acceptors (Lipinski definition) is 4. The molecule has 1 aliphatic heterocycles. The highest BCUT2D eigenvalue weighted by atomic mass is 32.2. The Bertz CT molecular complexity index is 911. The highest BCUT2D eigenvalue weighted by molar-refractivity contribution is 8.00. The number of nitrogens with one attached hydrogen (secondary N) is 1. The van der Waals surface area contributed by atoms with Gasteiger partial charge in [0.1, 0.15) is 5.76 Å². The van der Waals surface area contributed by atoms with Gasteiger partial charge in [0.2, 0.25) is 5.91 Å². The lowest BCUT2D eigenvalue weighted by Gasteiger charge is -2.24. The number of thioether (sulfide) groups is 1. The van der Waals surface area contributed by atoms with Gasteiger partial charge >= 0.3 is 0 Å². The number of anilines is 1. The number of rotatable bonds is 5. The molecule has 0 aliphatic carbocycles. The lowest BCUT2D eigenvalue weighted by molar-refractivity contribution is -0.117. The van der Waals surface area contributed by atoms with Crippen LogP contribution >= 0.6 is 11.8 Å². The zero-order valence-electron chi connectivity index (χ0n) is 15.9. The predicted octanol–water partition coefficient (Wildman–Crippen LogP) is 4.88. The molecular formula is C23H24N2O2S. The zero-order chi connectivity index (χ0) is 19.3. The van der Waals surface area contributed by atoms with E-state index in [0.717, 1.165) is 30.0 Å². The SMILES string of the molecule is C[C@H]1CCN(C(=O)CN[C@H](c2ccccc2)c2ccco2)c2ccccc2S1. The summed E-state index contributed by atoms with van der Waals surface area (Å²) >= 11 is 1.84. The van der Waals surface area contributed by atoms with Gasteiger partial charge in [0, 0.05) is 16.7 Å². The number of hydrogen-bond donors (Lipinski definition) is 1. The summed E-state index contributed by atoms with van der Waals surface area (Å²) in [5, 5.41) is 3.90. The van der Waals surface area contributed by atoms with Gasteiger partial charge in [-0.15, -0.1) is 11.8 Å². The number of nitrogens with zero attached hydrogens (tertiary/aromatic N) is 1. The van der Waals surface area contributed by atoms with Gasteiger partial charge in [-0.05, 0) is 36.2 Å². The summed E-state index contributed by atoms with van der Waals surface area (Å²) in [6.07, 6.45) is 2.64. The Morgan fingerprint density at radius 1 is 1.14 bits per heavy atom. The molecule has 1 aromatic heterocycles. The topological polar surface area (TPSA) is 45.5 Å². The van der Waals surface area contributed by atoms with Gasteiger partial charge in [0.15, 0.2) is 0 Å². The van der Waals surface area contributed by atoms with Crippen molar-refractivity contribution in [2.24, 2.45) is 0 Å². The largest absolute Gasteiger partial charge is 0.467 e. The van der Waals surface area contributed by atoms with E-state index in [1.807, 2.05) is 77.3 Å². The second-order valence-corrected chi connectivity index (χ2v) is 8.45. The van der Waals surface area contributed by atoms with Crippen LogP contribution in [0.5, 0.6) is 0 Å². The predicted molar refractivity (Wildman–Crippen MR) is 114 cm³/mol. The molecule has 0 bridgehead atoms. The van der Waals surface area contributed by atoms with Crippen LogP contribution in [0.1, 0.15) is 30.7 Å². The van der Waals surface area contributed by atoms with Crippen molar-refractivity contribution in [3.63, 3.8) is 0 Å². The molecule has 1 amide bonds. The molecule has 0 radical (unpaired) electrons. The first-order chi connectivity index (χ1) is 13.7.